The van der Waals surface area contributed by atoms with Gasteiger partial charge in [0.1, 0.15) is 5.82 Å². The van der Waals surface area contributed by atoms with Gasteiger partial charge in [-0.1, -0.05) is 12.1 Å². The number of nitrogens with zero attached hydrogens (tertiary/aromatic N) is 2. The summed E-state index contributed by atoms with van der Waals surface area (Å²) in [7, 11) is 1.89. The van der Waals surface area contributed by atoms with Crippen LogP contribution in [0, 0.1) is 0 Å². The van der Waals surface area contributed by atoms with Crippen molar-refractivity contribution in [3.63, 3.8) is 0 Å². The van der Waals surface area contributed by atoms with E-state index in [9.17, 15) is 0 Å². The molecule has 1 aliphatic rings. The predicted molar refractivity (Wildman–Crippen MR) is 82.9 cm³/mol. The van der Waals surface area contributed by atoms with Gasteiger partial charge in [-0.15, -0.1) is 0 Å². The minimum absolute atomic E-state index is 0.360. The lowest BCUT2D eigenvalue weighted by Crippen LogP contribution is -2.33. The first kappa shape index (κ1) is 13.1. The van der Waals surface area contributed by atoms with Crippen LogP contribution in [-0.4, -0.2) is 29.1 Å². The first-order valence-corrected chi connectivity index (χ1v) is 7.23. The Bertz CT molecular complexity index is 590. The van der Waals surface area contributed by atoms with Gasteiger partial charge in [-0.3, -0.25) is 0 Å². The number of aromatic nitrogens is 2. The van der Waals surface area contributed by atoms with E-state index in [1.807, 2.05) is 31.3 Å². The van der Waals surface area contributed by atoms with Crippen molar-refractivity contribution in [1.29, 1.82) is 0 Å². The van der Waals surface area contributed by atoms with Gasteiger partial charge in [0.15, 0.2) is 0 Å². The molecule has 3 rings (SSSR count). The van der Waals surface area contributed by atoms with Crippen LogP contribution in [0.2, 0.25) is 0 Å². The smallest absolute Gasteiger partial charge is 0.225 e. The number of hydrogen-bond donors (Lipinski definition) is 3. The Morgan fingerprint density at radius 1 is 1.10 bits per heavy atom. The number of nitrogens with one attached hydrogen (secondary N) is 2. The summed E-state index contributed by atoms with van der Waals surface area (Å²) in [5.74, 6) is 1.57. The van der Waals surface area contributed by atoms with Gasteiger partial charge in [-0.25, -0.2) is 4.98 Å². The van der Waals surface area contributed by atoms with Crippen molar-refractivity contribution < 1.29 is 0 Å². The fourth-order valence-electron chi connectivity index (χ4n) is 2.78. The third-order valence-electron chi connectivity index (χ3n) is 3.95. The molecule has 4 N–H and O–H groups in total. The van der Waals surface area contributed by atoms with E-state index < -0.39 is 0 Å². The van der Waals surface area contributed by atoms with Crippen molar-refractivity contribution >= 4 is 22.7 Å². The van der Waals surface area contributed by atoms with Crippen LogP contribution in [0.5, 0.6) is 0 Å². The Kier molecular flexibility index (Phi) is 3.69. The molecule has 0 atom stereocenters. The van der Waals surface area contributed by atoms with Gasteiger partial charge in [0, 0.05) is 24.5 Å². The molecule has 0 unspecified atom stereocenters. The standard InChI is InChI=1S/C15H21N5/c1-17-14-12-4-2-3-5-13(12)19-15(20-14)18-11-8-6-10(16)7-9-11/h2-5,10-11H,6-9,16H2,1H3,(H2,17,18,19,20). The Morgan fingerprint density at radius 2 is 1.85 bits per heavy atom. The fraction of sp³-hybridized carbons (Fsp3) is 0.467. The van der Waals surface area contributed by atoms with Crippen molar-refractivity contribution in [1.82, 2.24) is 9.97 Å². The SMILES string of the molecule is CNc1nc(NC2CCC(N)CC2)nc2ccccc12. The molecule has 1 aromatic carbocycles. The van der Waals surface area contributed by atoms with E-state index in [4.69, 9.17) is 5.73 Å². The molecule has 1 fully saturated rings. The number of anilines is 2. The average molecular weight is 271 g/mol. The number of nitrogens with two attached hydrogens (primary N) is 1. The van der Waals surface area contributed by atoms with E-state index in [-0.39, 0.29) is 0 Å². The van der Waals surface area contributed by atoms with Gasteiger partial charge in [0.05, 0.1) is 5.52 Å². The number of para-hydroxylation sites is 1. The topological polar surface area (TPSA) is 75.9 Å². The average Bonchev–Trinajstić information content (AvgIpc) is 2.49. The third-order valence-corrected chi connectivity index (χ3v) is 3.95. The monoisotopic (exact) mass is 271 g/mol. The summed E-state index contributed by atoms with van der Waals surface area (Å²) in [6.07, 6.45) is 4.33. The third kappa shape index (κ3) is 2.67. The van der Waals surface area contributed by atoms with Crippen LogP contribution >= 0.6 is 0 Å². The zero-order valence-electron chi connectivity index (χ0n) is 11.8. The lowest BCUT2D eigenvalue weighted by molar-refractivity contribution is 0.410. The molecule has 1 aliphatic carbocycles. The molecule has 0 spiro atoms. The molecule has 1 aromatic heterocycles. The number of benzene rings is 1. The highest BCUT2D eigenvalue weighted by atomic mass is 15.2. The molecule has 0 bridgehead atoms. The predicted octanol–water partition coefficient (Wildman–Crippen LogP) is 2.35. The maximum atomic E-state index is 5.94. The highest BCUT2D eigenvalue weighted by Crippen LogP contribution is 2.24. The summed E-state index contributed by atoms with van der Waals surface area (Å²) >= 11 is 0. The van der Waals surface area contributed by atoms with Gasteiger partial charge in [-0.05, 0) is 37.8 Å². The normalized spacial score (nSPS) is 22.7. The van der Waals surface area contributed by atoms with Crippen LogP contribution in [0.1, 0.15) is 25.7 Å². The molecule has 1 saturated carbocycles. The van der Waals surface area contributed by atoms with Gasteiger partial charge >= 0.3 is 0 Å². The van der Waals surface area contributed by atoms with Crippen molar-refractivity contribution in [2.75, 3.05) is 17.7 Å². The quantitative estimate of drug-likeness (QED) is 0.799. The molecule has 5 heteroatoms. The summed E-state index contributed by atoms with van der Waals surface area (Å²) in [4.78, 5) is 9.17. The van der Waals surface area contributed by atoms with Gasteiger partial charge < -0.3 is 16.4 Å². The van der Waals surface area contributed by atoms with E-state index in [0.29, 0.717) is 18.0 Å². The Labute approximate surface area is 119 Å². The molecular weight excluding hydrogens is 250 g/mol. The first-order chi connectivity index (χ1) is 9.76. The zero-order chi connectivity index (χ0) is 13.9. The second-order valence-corrected chi connectivity index (χ2v) is 5.42. The van der Waals surface area contributed by atoms with Gasteiger partial charge in [-0.2, -0.15) is 4.98 Å². The van der Waals surface area contributed by atoms with Crippen molar-refractivity contribution in [3.05, 3.63) is 24.3 Å². The van der Waals surface area contributed by atoms with E-state index in [1.165, 1.54) is 0 Å². The van der Waals surface area contributed by atoms with Crippen LogP contribution in [0.25, 0.3) is 10.9 Å². The fourth-order valence-corrected chi connectivity index (χ4v) is 2.78. The second-order valence-electron chi connectivity index (χ2n) is 5.42. The summed E-state index contributed by atoms with van der Waals surface area (Å²) in [5, 5.41) is 7.64. The van der Waals surface area contributed by atoms with Crippen LogP contribution in [0.4, 0.5) is 11.8 Å². The molecule has 5 nitrogen and oxygen atoms in total. The minimum Gasteiger partial charge on any atom is -0.372 e. The summed E-state index contributed by atoms with van der Waals surface area (Å²) in [6, 6.07) is 8.84. The minimum atomic E-state index is 0.360. The Morgan fingerprint density at radius 3 is 2.60 bits per heavy atom. The molecule has 106 valence electrons. The summed E-state index contributed by atoms with van der Waals surface area (Å²) in [6.45, 7) is 0. The van der Waals surface area contributed by atoms with Crippen molar-refractivity contribution in [2.24, 2.45) is 5.73 Å². The lowest BCUT2D eigenvalue weighted by atomic mass is 9.92. The second kappa shape index (κ2) is 5.63. The zero-order valence-corrected chi connectivity index (χ0v) is 11.8. The van der Waals surface area contributed by atoms with Crippen LogP contribution in [0.3, 0.4) is 0 Å². The first-order valence-electron chi connectivity index (χ1n) is 7.23. The Hall–Kier alpha value is -1.88. The maximum Gasteiger partial charge on any atom is 0.225 e. The van der Waals surface area contributed by atoms with Gasteiger partial charge in [0.25, 0.3) is 0 Å². The lowest BCUT2D eigenvalue weighted by Gasteiger charge is -2.27. The largest absolute Gasteiger partial charge is 0.372 e. The van der Waals surface area contributed by atoms with E-state index >= 15 is 0 Å². The van der Waals surface area contributed by atoms with Crippen LogP contribution < -0.4 is 16.4 Å². The molecule has 0 radical (unpaired) electrons. The molecule has 20 heavy (non-hydrogen) atoms. The molecule has 0 aliphatic heterocycles. The Balaban J connectivity index is 1.84. The maximum absolute atomic E-state index is 5.94. The summed E-state index contributed by atoms with van der Waals surface area (Å²) in [5.41, 5.74) is 6.90. The number of fused-ring (bicyclic) bond motifs is 1. The summed E-state index contributed by atoms with van der Waals surface area (Å²) < 4.78 is 0. The molecule has 1 heterocycles. The molecular formula is C15H21N5. The van der Waals surface area contributed by atoms with Crippen molar-refractivity contribution in [2.45, 2.75) is 37.8 Å². The molecule has 2 aromatic rings. The van der Waals surface area contributed by atoms with Crippen LogP contribution in [0.15, 0.2) is 24.3 Å². The molecule has 0 amide bonds. The van der Waals surface area contributed by atoms with Crippen molar-refractivity contribution in [3.8, 4) is 0 Å². The number of hydrogen-bond acceptors (Lipinski definition) is 5. The van der Waals surface area contributed by atoms with E-state index in [2.05, 4.69) is 20.6 Å². The number of rotatable bonds is 3. The van der Waals surface area contributed by atoms with Crippen LogP contribution in [-0.2, 0) is 0 Å². The highest BCUT2D eigenvalue weighted by Gasteiger charge is 2.19. The molecule has 0 saturated heterocycles. The van der Waals surface area contributed by atoms with Gasteiger partial charge in [0.2, 0.25) is 5.95 Å². The van der Waals surface area contributed by atoms with E-state index in [1.54, 1.807) is 0 Å². The van der Waals surface area contributed by atoms with E-state index in [0.717, 1.165) is 42.4 Å². The highest BCUT2D eigenvalue weighted by molar-refractivity contribution is 5.89.